The van der Waals surface area contributed by atoms with Crippen LogP contribution in [0.3, 0.4) is 0 Å². The van der Waals surface area contributed by atoms with Crippen molar-refractivity contribution in [2.45, 2.75) is 24.8 Å². The van der Waals surface area contributed by atoms with Crippen molar-refractivity contribution in [3.05, 3.63) is 95.8 Å². The lowest BCUT2D eigenvalue weighted by Crippen LogP contribution is -2.40. The molecule has 1 aromatic carbocycles. The molecule has 3 heterocycles. The largest absolute Gasteiger partial charge is 0.351 e. The summed E-state index contributed by atoms with van der Waals surface area (Å²) in [4.78, 5) is 24.3. The molecular formula is C24H25FN4O. The second kappa shape index (κ2) is 9.59. The molecule has 0 saturated carbocycles. The van der Waals surface area contributed by atoms with Crippen LogP contribution in [-0.4, -0.2) is 46.5 Å². The monoisotopic (exact) mass is 404 g/mol. The van der Waals surface area contributed by atoms with Crippen molar-refractivity contribution >= 4 is 5.91 Å². The molecule has 0 radical (unpaired) electrons. The lowest BCUT2D eigenvalue weighted by Gasteiger charge is -2.20. The Morgan fingerprint density at radius 1 is 1.03 bits per heavy atom. The number of carbonyl (C=O) groups excluding carboxylic acids is 1. The van der Waals surface area contributed by atoms with Crippen LogP contribution in [0.25, 0.3) is 0 Å². The number of nitrogens with one attached hydrogen (secondary N) is 1. The van der Waals surface area contributed by atoms with Crippen molar-refractivity contribution in [3.8, 4) is 0 Å². The first kappa shape index (κ1) is 20.2. The SMILES string of the molecule is O=C(NC1CCN(CCc2ccc(F)cc2)C1)C(c1ccccn1)c1ccccn1. The molecule has 30 heavy (non-hydrogen) atoms. The summed E-state index contributed by atoms with van der Waals surface area (Å²) in [5.41, 5.74) is 2.51. The Hall–Kier alpha value is -3.12. The Morgan fingerprint density at radius 2 is 1.70 bits per heavy atom. The van der Waals surface area contributed by atoms with Crippen LogP contribution in [0.1, 0.15) is 29.3 Å². The van der Waals surface area contributed by atoms with Crippen LogP contribution in [0.4, 0.5) is 4.39 Å². The fourth-order valence-electron chi connectivity index (χ4n) is 3.89. The van der Waals surface area contributed by atoms with Gasteiger partial charge in [0.25, 0.3) is 0 Å². The molecule has 1 fully saturated rings. The predicted octanol–water partition coefficient (Wildman–Crippen LogP) is 3.18. The first-order valence-electron chi connectivity index (χ1n) is 10.3. The molecule has 2 aromatic heterocycles. The zero-order valence-electron chi connectivity index (χ0n) is 16.7. The van der Waals surface area contributed by atoms with Gasteiger partial charge >= 0.3 is 0 Å². The first-order valence-corrected chi connectivity index (χ1v) is 10.3. The summed E-state index contributed by atoms with van der Waals surface area (Å²) in [7, 11) is 0. The van der Waals surface area contributed by atoms with Gasteiger partial charge in [-0.1, -0.05) is 24.3 Å². The lowest BCUT2D eigenvalue weighted by molar-refractivity contribution is -0.122. The normalized spacial score (nSPS) is 16.7. The Balaban J connectivity index is 1.37. The highest BCUT2D eigenvalue weighted by molar-refractivity contribution is 5.86. The quantitative estimate of drug-likeness (QED) is 0.657. The third-order valence-electron chi connectivity index (χ3n) is 5.48. The summed E-state index contributed by atoms with van der Waals surface area (Å²) < 4.78 is 13.1. The molecule has 0 bridgehead atoms. The van der Waals surface area contributed by atoms with Crippen molar-refractivity contribution in [1.29, 1.82) is 0 Å². The third kappa shape index (κ3) is 5.07. The van der Waals surface area contributed by atoms with Crippen molar-refractivity contribution in [1.82, 2.24) is 20.2 Å². The van der Waals surface area contributed by atoms with Crippen LogP contribution in [-0.2, 0) is 11.2 Å². The maximum Gasteiger partial charge on any atom is 0.235 e. The van der Waals surface area contributed by atoms with Gasteiger partial charge in [0.1, 0.15) is 11.7 Å². The molecule has 154 valence electrons. The Labute approximate surface area is 176 Å². The van der Waals surface area contributed by atoms with Crippen molar-refractivity contribution in [2.24, 2.45) is 0 Å². The van der Waals surface area contributed by atoms with Gasteiger partial charge in [-0.25, -0.2) is 4.39 Å². The Kier molecular flexibility index (Phi) is 6.44. The number of nitrogens with zero attached hydrogens (tertiary/aromatic N) is 3. The minimum Gasteiger partial charge on any atom is -0.351 e. The minimum absolute atomic E-state index is 0.0715. The van der Waals surface area contributed by atoms with E-state index in [4.69, 9.17) is 0 Å². The summed E-state index contributed by atoms with van der Waals surface area (Å²) in [6.45, 7) is 2.63. The van der Waals surface area contributed by atoms with E-state index < -0.39 is 5.92 Å². The van der Waals surface area contributed by atoms with Crippen LogP contribution in [0, 0.1) is 5.82 Å². The van der Waals surface area contributed by atoms with Gasteiger partial charge in [0.05, 0.1) is 11.4 Å². The standard InChI is InChI=1S/C24H25FN4O/c25-19-9-7-18(8-10-19)11-15-29-16-12-20(17-29)28-24(30)23(21-5-1-3-13-26-21)22-6-2-4-14-27-22/h1-10,13-14,20,23H,11-12,15-17H2,(H,28,30). The van der Waals surface area contributed by atoms with E-state index in [1.807, 2.05) is 48.5 Å². The molecule has 0 aliphatic carbocycles. The zero-order chi connectivity index (χ0) is 20.8. The molecule has 1 aliphatic rings. The van der Waals surface area contributed by atoms with E-state index in [0.29, 0.717) is 11.4 Å². The number of pyridine rings is 2. The van der Waals surface area contributed by atoms with Gasteiger partial charge in [0.2, 0.25) is 5.91 Å². The average molecular weight is 404 g/mol. The van der Waals surface area contributed by atoms with Crippen LogP contribution in [0.15, 0.2) is 73.1 Å². The van der Waals surface area contributed by atoms with Crippen molar-refractivity contribution in [2.75, 3.05) is 19.6 Å². The predicted molar refractivity (Wildman–Crippen MR) is 113 cm³/mol. The summed E-state index contributed by atoms with van der Waals surface area (Å²) in [6, 6.07) is 17.9. The summed E-state index contributed by atoms with van der Waals surface area (Å²) in [5.74, 6) is -0.809. The topological polar surface area (TPSA) is 58.1 Å². The summed E-state index contributed by atoms with van der Waals surface area (Å²) >= 11 is 0. The van der Waals surface area contributed by atoms with Crippen molar-refractivity contribution < 1.29 is 9.18 Å². The average Bonchev–Trinajstić information content (AvgIpc) is 3.22. The number of carbonyl (C=O) groups is 1. The molecular weight excluding hydrogens is 379 g/mol. The van der Waals surface area contributed by atoms with Gasteiger partial charge in [-0.2, -0.15) is 0 Å². The summed E-state index contributed by atoms with van der Waals surface area (Å²) in [5, 5.41) is 3.20. The first-order chi connectivity index (χ1) is 14.7. The van der Waals surface area contributed by atoms with Gasteiger partial charge in [0.15, 0.2) is 0 Å². The highest BCUT2D eigenvalue weighted by Gasteiger charge is 2.30. The van der Waals surface area contributed by atoms with Crippen LogP contribution >= 0.6 is 0 Å². The molecule has 4 rings (SSSR count). The minimum atomic E-state index is -0.527. The van der Waals surface area contributed by atoms with E-state index in [-0.39, 0.29) is 17.8 Å². The maximum atomic E-state index is 13.2. The van der Waals surface area contributed by atoms with E-state index in [1.165, 1.54) is 12.1 Å². The molecule has 5 nitrogen and oxygen atoms in total. The van der Waals surface area contributed by atoms with E-state index in [1.54, 1.807) is 12.4 Å². The van der Waals surface area contributed by atoms with Crippen LogP contribution in [0.2, 0.25) is 0 Å². The Morgan fingerprint density at radius 3 is 2.30 bits per heavy atom. The molecule has 1 unspecified atom stereocenters. The van der Waals surface area contributed by atoms with Crippen LogP contribution < -0.4 is 5.32 Å². The molecule has 3 aromatic rings. The highest BCUT2D eigenvalue weighted by Crippen LogP contribution is 2.22. The van der Waals surface area contributed by atoms with Gasteiger partial charge < -0.3 is 10.2 Å². The van der Waals surface area contributed by atoms with Gasteiger partial charge in [-0.15, -0.1) is 0 Å². The van der Waals surface area contributed by atoms with Gasteiger partial charge in [0, 0.05) is 38.1 Å². The summed E-state index contributed by atoms with van der Waals surface area (Å²) in [6.07, 6.45) is 5.17. The van der Waals surface area contributed by atoms with Gasteiger partial charge in [-0.3, -0.25) is 14.8 Å². The second-order valence-corrected chi connectivity index (χ2v) is 7.61. The Bertz CT molecular complexity index is 910. The number of hydrogen-bond donors (Lipinski definition) is 1. The number of hydrogen-bond acceptors (Lipinski definition) is 4. The number of benzene rings is 1. The van der Waals surface area contributed by atoms with E-state index >= 15 is 0 Å². The molecule has 1 saturated heterocycles. The van der Waals surface area contributed by atoms with E-state index in [9.17, 15) is 9.18 Å². The van der Waals surface area contributed by atoms with Crippen molar-refractivity contribution in [3.63, 3.8) is 0 Å². The third-order valence-corrected chi connectivity index (χ3v) is 5.48. The maximum absolute atomic E-state index is 13.2. The number of amides is 1. The fourth-order valence-corrected chi connectivity index (χ4v) is 3.89. The number of rotatable bonds is 7. The van der Waals surface area contributed by atoms with E-state index in [2.05, 4.69) is 20.2 Å². The van der Waals surface area contributed by atoms with Gasteiger partial charge in [-0.05, 0) is 54.8 Å². The molecule has 0 spiro atoms. The second-order valence-electron chi connectivity index (χ2n) is 7.61. The molecule has 1 aliphatic heterocycles. The zero-order valence-corrected chi connectivity index (χ0v) is 16.7. The van der Waals surface area contributed by atoms with E-state index in [0.717, 1.165) is 38.0 Å². The lowest BCUT2D eigenvalue weighted by atomic mass is 9.98. The number of aromatic nitrogens is 2. The number of halogens is 1. The molecule has 6 heteroatoms. The smallest absolute Gasteiger partial charge is 0.235 e. The van der Waals surface area contributed by atoms with Crippen LogP contribution in [0.5, 0.6) is 0 Å². The molecule has 1 N–H and O–H groups in total. The fraction of sp³-hybridized carbons (Fsp3) is 0.292. The highest BCUT2D eigenvalue weighted by atomic mass is 19.1. The number of likely N-dealkylation sites (tertiary alicyclic amines) is 1. The molecule has 1 amide bonds. The molecule has 1 atom stereocenters.